The number of aromatic nitrogens is 5. The second-order valence-corrected chi connectivity index (χ2v) is 10.7. The topological polar surface area (TPSA) is 94.9 Å². The number of carbonyl (C=O) groups excluding carboxylic acids is 1. The van der Waals surface area contributed by atoms with Crippen molar-refractivity contribution in [3.63, 3.8) is 0 Å². The zero-order valence-corrected chi connectivity index (χ0v) is 22.7. The van der Waals surface area contributed by atoms with Gasteiger partial charge in [-0.3, -0.25) is 9.69 Å². The van der Waals surface area contributed by atoms with Crippen LogP contribution in [0.15, 0.2) is 24.7 Å². The monoisotopic (exact) mass is 516 g/mol. The molecule has 2 aliphatic rings. The number of hydrogen-bond acceptors (Lipinski definition) is 7. The third-order valence-corrected chi connectivity index (χ3v) is 8.07. The minimum atomic E-state index is 0.164. The number of nitrogens with one attached hydrogen (secondary N) is 1. The number of fused-ring (bicyclic) bond motifs is 2. The van der Waals surface area contributed by atoms with Crippen molar-refractivity contribution in [3.05, 3.63) is 41.3 Å². The Labute approximate surface area is 222 Å². The van der Waals surface area contributed by atoms with E-state index in [9.17, 15) is 4.79 Å². The number of aryl methyl sites for hydroxylation is 1. The van der Waals surface area contributed by atoms with Gasteiger partial charge in [-0.05, 0) is 43.0 Å². The first kappa shape index (κ1) is 24.8. The van der Waals surface area contributed by atoms with E-state index in [2.05, 4.69) is 64.8 Å². The van der Waals surface area contributed by atoms with Gasteiger partial charge in [0.05, 0.1) is 36.5 Å². The van der Waals surface area contributed by atoms with Crippen LogP contribution in [-0.4, -0.2) is 99.3 Å². The molecular weight excluding hydrogens is 480 g/mol. The van der Waals surface area contributed by atoms with E-state index in [1.54, 1.807) is 6.33 Å². The summed E-state index contributed by atoms with van der Waals surface area (Å²) in [5.41, 5.74) is 8.49. The average Bonchev–Trinajstić information content (AvgIpc) is 3.55. The number of pyridine rings is 2. The number of aromatic amines is 1. The van der Waals surface area contributed by atoms with E-state index in [1.165, 1.54) is 11.1 Å². The Balaban J connectivity index is 1.27. The van der Waals surface area contributed by atoms with Crippen LogP contribution in [0.25, 0.3) is 27.9 Å². The second-order valence-electron chi connectivity index (χ2n) is 10.7. The predicted molar refractivity (Wildman–Crippen MR) is 148 cm³/mol. The Kier molecular flexibility index (Phi) is 6.53. The smallest absolute Gasteiger partial charge is 0.242 e. The van der Waals surface area contributed by atoms with Crippen LogP contribution in [0.5, 0.6) is 0 Å². The molecule has 0 saturated carbocycles. The van der Waals surface area contributed by atoms with Crippen LogP contribution in [0, 0.1) is 13.8 Å². The maximum atomic E-state index is 13.0. The third kappa shape index (κ3) is 4.41. The lowest BCUT2D eigenvalue weighted by Gasteiger charge is -2.36. The maximum Gasteiger partial charge on any atom is 0.242 e. The molecule has 38 heavy (non-hydrogen) atoms. The first-order chi connectivity index (χ1) is 18.4. The van der Waals surface area contributed by atoms with E-state index >= 15 is 0 Å². The maximum absolute atomic E-state index is 13.0. The van der Waals surface area contributed by atoms with Crippen molar-refractivity contribution in [3.8, 4) is 11.3 Å². The van der Waals surface area contributed by atoms with Gasteiger partial charge in [-0.1, -0.05) is 13.8 Å². The Hall–Kier alpha value is -3.50. The Morgan fingerprint density at radius 1 is 1.05 bits per heavy atom. The van der Waals surface area contributed by atoms with Crippen molar-refractivity contribution < 1.29 is 9.53 Å². The molecule has 0 atom stereocenters. The molecule has 10 heteroatoms. The fourth-order valence-electron chi connectivity index (χ4n) is 5.71. The molecule has 0 spiro atoms. The lowest BCUT2D eigenvalue weighted by atomic mass is 9.95. The van der Waals surface area contributed by atoms with E-state index in [4.69, 9.17) is 9.72 Å². The number of H-pyrrole nitrogens is 1. The number of hydrogen-bond donors (Lipinski definition) is 1. The summed E-state index contributed by atoms with van der Waals surface area (Å²) < 4.78 is 7.28. The van der Waals surface area contributed by atoms with Gasteiger partial charge in [0.1, 0.15) is 12.1 Å². The first-order valence-corrected chi connectivity index (χ1v) is 13.6. The molecule has 0 aliphatic carbocycles. The Bertz CT molecular complexity index is 1480. The number of anilines is 1. The molecule has 1 N–H and O–H groups in total. The Morgan fingerprint density at radius 3 is 2.63 bits per heavy atom. The molecule has 0 radical (unpaired) electrons. The third-order valence-electron chi connectivity index (χ3n) is 8.07. The molecule has 2 aliphatic heterocycles. The average molecular weight is 517 g/mol. The van der Waals surface area contributed by atoms with E-state index in [0.717, 1.165) is 85.3 Å². The lowest BCUT2D eigenvalue weighted by molar-refractivity contribution is -0.131. The molecule has 0 bridgehead atoms. The number of piperazine rings is 1. The molecule has 1 amide bonds. The summed E-state index contributed by atoms with van der Waals surface area (Å²) in [7, 11) is 0. The Morgan fingerprint density at radius 2 is 1.87 bits per heavy atom. The van der Waals surface area contributed by atoms with Crippen LogP contribution in [0.4, 0.5) is 5.82 Å². The minimum Gasteiger partial charge on any atom is -0.379 e. The van der Waals surface area contributed by atoms with Crippen molar-refractivity contribution >= 4 is 28.4 Å². The molecule has 0 aromatic carbocycles. The van der Waals surface area contributed by atoms with Gasteiger partial charge in [-0.15, -0.1) is 0 Å². The highest BCUT2D eigenvalue weighted by Gasteiger charge is 2.27. The zero-order valence-electron chi connectivity index (χ0n) is 22.7. The van der Waals surface area contributed by atoms with Crippen LogP contribution in [-0.2, 0) is 9.53 Å². The van der Waals surface area contributed by atoms with Gasteiger partial charge in [-0.25, -0.2) is 14.5 Å². The van der Waals surface area contributed by atoms with Crippen LogP contribution < -0.4 is 4.90 Å². The number of morpholine rings is 1. The molecule has 2 fully saturated rings. The molecule has 4 aromatic heterocycles. The van der Waals surface area contributed by atoms with Gasteiger partial charge < -0.3 is 19.5 Å². The summed E-state index contributed by atoms with van der Waals surface area (Å²) in [6, 6.07) is 4.13. The van der Waals surface area contributed by atoms with E-state index < -0.39 is 0 Å². The summed E-state index contributed by atoms with van der Waals surface area (Å²) in [5, 5.41) is 4.39. The van der Waals surface area contributed by atoms with E-state index in [-0.39, 0.29) is 11.8 Å². The van der Waals surface area contributed by atoms with E-state index in [0.29, 0.717) is 13.1 Å². The first-order valence-electron chi connectivity index (χ1n) is 13.6. The van der Waals surface area contributed by atoms with Crippen LogP contribution >= 0.6 is 0 Å². The highest BCUT2D eigenvalue weighted by molar-refractivity contribution is 5.91. The number of nitrogens with zero attached hydrogens (tertiary/aromatic N) is 7. The number of rotatable bonds is 6. The van der Waals surface area contributed by atoms with Crippen LogP contribution in [0.3, 0.4) is 0 Å². The molecule has 200 valence electrons. The highest BCUT2D eigenvalue weighted by Crippen LogP contribution is 2.38. The minimum absolute atomic E-state index is 0.164. The second kappa shape index (κ2) is 9.99. The summed E-state index contributed by atoms with van der Waals surface area (Å²) in [6.07, 6.45) is 3.65. The molecule has 4 aromatic rings. The summed E-state index contributed by atoms with van der Waals surface area (Å²) in [5.74, 6) is 1.27. The summed E-state index contributed by atoms with van der Waals surface area (Å²) in [6.45, 7) is 15.6. The van der Waals surface area contributed by atoms with Crippen molar-refractivity contribution in [2.75, 3.05) is 63.9 Å². The molecule has 2 saturated heterocycles. The molecule has 0 unspecified atom stereocenters. The molecule has 6 heterocycles. The fraction of sp³-hybridized carbons (Fsp3) is 0.500. The fourth-order valence-corrected chi connectivity index (χ4v) is 5.71. The van der Waals surface area contributed by atoms with Crippen molar-refractivity contribution in [1.82, 2.24) is 34.4 Å². The predicted octanol–water partition coefficient (Wildman–Crippen LogP) is 2.99. The van der Waals surface area contributed by atoms with Gasteiger partial charge >= 0.3 is 0 Å². The van der Waals surface area contributed by atoms with Gasteiger partial charge in [0.25, 0.3) is 0 Å². The zero-order chi connectivity index (χ0) is 26.4. The lowest BCUT2D eigenvalue weighted by Crippen LogP contribution is -2.53. The standard InChI is InChI=1S/C28H36N8O2/c1-18(2)25-26(21-15-36-28(29-17-30-36)20(4)19(21)3)31-22-5-6-23(32-27(22)25)35-10-9-34(24(37)16-35)8-7-33-11-13-38-14-12-33/h5-6,15,17-18,31H,7-14,16H2,1-4H3. The van der Waals surface area contributed by atoms with Gasteiger partial charge in [-0.2, -0.15) is 5.10 Å². The van der Waals surface area contributed by atoms with E-state index in [1.807, 2.05) is 15.5 Å². The largest absolute Gasteiger partial charge is 0.379 e. The summed E-state index contributed by atoms with van der Waals surface area (Å²) >= 11 is 0. The molecule has 6 rings (SSSR count). The summed E-state index contributed by atoms with van der Waals surface area (Å²) in [4.78, 5) is 32.7. The van der Waals surface area contributed by atoms with Crippen molar-refractivity contribution in [1.29, 1.82) is 0 Å². The number of ether oxygens (including phenoxy) is 1. The van der Waals surface area contributed by atoms with Gasteiger partial charge in [0.15, 0.2) is 5.65 Å². The highest BCUT2D eigenvalue weighted by atomic mass is 16.5. The van der Waals surface area contributed by atoms with Crippen LogP contribution in [0.2, 0.25) is 0 Å². The van der Waals surface area contributed by atoms with Crippen LogP contribution in [0.1, 0.15) is 36.5 Å². The molecule has 10 nitrogen and oxygen atoms in total. The quantitative estimate of drug-likeness (QED) is 0.421. The van der Waals surface area contributed by atoms with Gasteiger partial charge in [0.2, 0.25) is 5.91 Å². The van der Waals surface area contributed by atoms with Crippen molar-refractivity contribution in [2.45, 2.75) is 33.6 Å². The normalized spacial score (nSPS) is 17.4. The molecular formula is C28H36N8O2. The number of amides is 1. The number of carbonyl (C=O) groups is 1. The van der Waals surface area contributed by atoms with Crippen molar-refractivity contribution in [2.24, 2.45) is 0 Å². The van der Waals surface area contributed by atoms with Gasteiger partial charge in [0, 0.05) is 56.6 Å². The SMILES string of the molecule is Cc1c(-c2[nH]c3ccc(N4CCN(CCN5CCOCC5)C(=O)C4)nc3c2C(C)C)cn2ncnc2c1C.